The van der Waals surface area contributed by atoms with Crippen molar-refractivity contribution in [2.24, 2.45) is 0 Å². The normalized spacial score (nSPS) is 26.3. The van der Waals surface area contributed by atoms with Gasteiger partial charge in [0.05, 0.1) is 26.4 Å². The molecular formula is C54H68N4O4. The van der Waals surface area contributed by atoms with Gasteiger partial charge in [0.1, 0.15) is 23.0 Å². The molecule has 9 heterocycles. The molecule has 62 heavy (non-hydrogen) atoms. The molecule has 0 fully saturated rings. The first-order valence-corrected chi connectivity index (χ1v) is 23.5. The number of ether oxygens (including phenoxy) is 4. The first-order valence-electron chi connectivity index (χ1n) is 23.5. The molecule has 0 saturated carbocycles. The monoisotopic (exact) mass is 837 g/mol. The third-order valence-electron chi connectivity index (χ3n) is 14.9. The Bertz CT molecular complexity index is 2060. The average molecular weight is 837 g/mol. The Morgan fingerprint density at radius 3 is 0.742 bits per heavy atom. The average Bonchev–Trinajstić information content (AvgIpc) is 4.09. The van der Waals surface area contributed by atoms with Gasteiger partial charge in [-0.2, -0.15) is 0 Å². The summed E-state index contributed by atoms with van der Waals surface area (Å²) in [6.07, 6.45) is 11.6. The van der Waals surface area contributed by atoms with E-state index in [1.165, 1.54) is 45.6 Å². The molecule has 0 radical (unpaired) electrons. The number of fused-ring (bicyclic) bond motifs is 16. The lowest BCUT2D eigenvalue weighted by Gasteiger charge is -2.33. The molecule has 4 aromatic heterocycles. The van der Waals surface area contributed by atoms with E-state index < -0.39 is 0 Å². The number of benzene rings is 2. The molecule has 2 aromatic carbocycles. The molecule has 11 rings (SSSR count). The molecule has 0 spiro atoms. The number of aromatic nitrogens is 4. The van der Waals surface area contributed by atoms with Gasteiger partial charge in [-0.25, -0.2) is 0 Å². The van der Waals surface area contributed by atoms with Crippen LogP contribution in [0.5, 0.6) is 23.0 Å². The molecule has 4 N–H and O–H groups in total. The number of nitrogens with one attached hydrogen (secondary N) is 4. The van der Waals surface area contributed by atoms with E-state index in [1.807, 2.05) is 0 Å². The van der Waals surface area contributed by atoms with E-state index in [0.29, 0.717) is 26.4 Å². The Morgan fingerprint density at radius 2 is 0.532 bits per heavy atom. The standard InChI is InChI=1S/C54H68N4O4/c1-37-31-39-35-40(32-37)60-28-12-8-24-52(4)45-17-21-49(57-45)53(5)25-9-13-29-61-41-33-38(2)34-42(36-41)62-30-14-10-26-54(6,50-22-18-46(52)58-50)48-20-16-44(56-48)51(3,23-7-11-27-59-39)43-15-19-47(53)55-43/h15-22,31-36,55-58H,7-14,23-30H2,1-6H3. The molecule has 16 bridgehead atoms. The lowest BCUT2D eigenvalue weighted by Crippen LogP contribution is -2.30. The second kappa shape index (κ2) is 17.1. The number of aromatic amines is 4. The van der Waals surface area contributed by atoms with E-state index in [2.05, 4.69) is 146 Å². The topological polar surface area (TPSA) is 100 Å². The first-order chi connectivity index (χ1) is 29.9. The smallest absolute Gasteiger partial charge is 0.123 e. The summed E-state index contributed by atoms with van der Waals surface area (Å²) in [7, 11) is 0. The van der Waals surface area contributed by atoms with E-state index in [-0.39, 0.29) is 21.7 Å². The van der Waals surface area contributed by atoms with Crippen molar-refractivity contribution in [2.45, 2.75) is 140 Å². The minimum Gasteiger partial charge on any atom is -0.493 e. The largest absolute Gasteiger partial charge is 0.493 e. The fourth-order valence-corrected chi connectivity index (χ4v) is 10.7. The van der Waals surface area contributed by atoms with Gasteiger partial charge >= 0.3 is 0 Å². The number of hydrogen-bond donors (Lipinski definition) is 4. The van der Waals surface area contributed by atoms with Crippen LogP contribution in [0.25, 0.3) is 0 Å². The fraction of sp³-hybridized carbons (Fsp3) is 0.481. The second-order valence-electron chi connectivity index (χ2n) is 19.7. The van der Waals surface area contributed by atoms with Gasteiger partial charge in [-0.1, -0.05) is 0 Å². The zero-order chi connectivity index (χ0) is 43.0. The van der Waals surface area contributed by atoms with Crippen LogP contribution in [0, 0.1) is 13.8 Å². The van der Waals surface area contributed by atoms with Crippen LogP contribution in [0.1, 0.15) is 161 Å². The van der Waals surface area contributed by atoms with Crippen molar-refractivity contribution in [2.75, 3.05) is 26.4 Å². The summed E-state index contributed by atoms with van der Waals surface area (Å²) in [4.78, 5) is 16.5. The summed E-state index contributed by atoms with van der Waals surface area (Å²) in [5.41, 5.74) is 11.0. The highest BCUT2D eigenvalue weighted by atomic mass is 16.5. The molecule has 8 heteroatoms. The van der Waals surface area contributed by atoms with Crippen LogP contribution in [0.2, 0.25) is 0 Å². The summed E-state index contributed by atoms with van der Waals surface area (Å²) in [6.45, 7) is 16.6. The number of aryl methyl sites for hydroxylation is 2. The third-order valence-corrected chi connectivity index (χ3v) is 14.9. The third kappa shape index (κ3) is 8.22. The zero-order valence-corrected chi connectivity index (χ0v) is 38.0. The predicted molar refractivity (Wildman–Crippen MR) is 249 cm³/mol. The van der Waals surface area contributed by atoms with Crippen molar-refractivity contribution in [1.82, 2.24) is 19.9 Å². The first kappa shape index (κ1) is 42.1. The highest BCUT2D eigenvalue weighted by molar-refractivity contribution is 5.45. The molecule has 0 saturated heterocycles. The lowest BCUT2D eigenvalue weighted by atomic mass is 9.78. The van der Waals surface area contributed by atoms with Gasteiger partial charge in [0.25, 0.3) is 0 Å². The quantitative estimate of drug-likeness (QED) is 0.122. The molecular weight excluding hydrogens is 769 g/mol. The van der Waals surface area contributed by atoms with Crippen molar-refractivity contribution in [3.63, 3.8) is 0 Å². The SMILES string of the molecule is Cc1cc2cc(c1)OCCCCC1(C)c3ccc([nH]3)C3(C)CCCCOc4cc(C)cc(c4)OCCCCC(C)(c4ccc([nH]4)C(C)(CCCCO2)c2ccc3[nH]2)c2ccc1[nH]2. The summed E-state index contributed by atoms with van der Waals surface area (Å²) in [6, 6.07) is 31.5. The maximum Gasteiger partial charge on any atom is 0.123 e. The Morgan fingerprint density at radius 1 is 0.323 bits per heavy atom. The summed E-state index contributed by atoms with van der Waals surface area (Å²) < 4.78 is 25.7. The van der Waals surface area contributed by atoms with Crippen molar-refractivity contribution in [1.29, 1.82) is 0 Å². The maximum atomic E-state index is 6.41. The van der Waals surface area contributed by atoms with Crippen LogP contribution in [0.15, 0.2) is 84.9 Å². The molecule has 0 aliphatic carbocycles. The van der Waals surface area contributed by atoms with Gasteiger partial charge in [-0.3, -0.25) is 0 Å². The van der Waals surface area contributed by atoms with Crippen LogP contribution in [-0.2, 0) is 21.7 Å². The van der Waals surface area contributed by atoms with E-state index >= 15 is 0 Å². The van der Waals surface area contributed by atoms with E-state index in [1.54, 1.807) is 0 Å². The van der Waals surface area contributed by atoms with E-state index in [9.17, 15) is 0 Å². The van der Waals surface area contributed by atoms with Gasteiger partial charge in [-0.05, 0) is 203 Å². The van der Waals surface area contributed by atoms with Crippen molar-refractivity contribution >= 4 is 0 Å². The predicted octanol–water partition coefficient (Wildman–Crippen LogP) is 12.8. The van der Waals surface area contributed by atoms with Crippen molar-refractivity contribution in [3.8, 4) is 23.0 Å². The van der Waals surface area contributed by atoms with Gasteiger partial charge in [0, 0.05) is 79.3 Å². The minimum absolute atomic E-state index is 0.305. The summed E-state index contributed by atoms with van der Waals surface area (Å²) >= 11 is 0. The van der Waals surface area contributed by atoms with Gasteiger partial charge in [-0.15, -0.1) is 0 Å². The molecule has 0 amide bonds. The van der Waals surface area contributed by atoms with Crippen LogP contribution >= 0.6 is 0 Å². The van der Waals surface area contributed by atoms with E-state index in [0.717, 1.165) is 111 Å². The molecule has 0 atom stereocenters. The van der Waals surface area contributed by atoms with Crippen LogP contribution in [0.4, 0.5) is 0 Å². The highest BCUT2D eigenvalue weighted by Crippen LogP contribution is 2.46. The molecule has 5 aliphatic heterocycles. The van der Waals surface area contributed by atoms with E-state index in [4.69, 9.17) is 18.9 Å². The fourth-order valence-electron chi connectivity index (χ4n) is 10.7. The molecule has 6 aromatic rings. The van der Waals surface area contributed by atoms with Crippen molar-refractivity contribution < 1.29 is 18.9 Å². The molecule has 0 unspecified atom stereocenters. The van der Waals surface area contributed by atoms with Crippen LogP contribution < -0.4 is 18.9 Å². The van der Waals surface area contributed by atoms with Gasteiger partial charge in [0.15, 0.2) is 0 Å². The summed E-state index contributed by atoms with van der Waals surface area (Å²) in [5.74, 6) is 3.52. The Hall–Kier alpha value is -5.24. The maximum absolute atomic E-state index is 6.41. The van der Waals surface area contributed by atoms with Crippen LogP contribution in [-0.4, -0.2) is 46.4 Å². The van der Waals surface area contributed by atoms with Crippen LogP contribution in [0.3, 0.4) is 0 Å². The zero-order valence-electron chi connectivity index (χ0n) is 38.0. The van der Waals surface area contributed by atoms with Crippen molar-refractivity contribution in [3.05, 3.63) is 142 Å². The minimum atomic E-state index is -0.305. The number of hydrogen-bond acceptors (Lipinski definition) is 4. The lowest BCUT2D eigenvalue weighted by molar-refractivity contribution is 0.283. The summed E-state index contributed by atoms with van der Waals surface area (Å²) in [5, 5.41) is 0. The molecule has 8 nitrogen and oxygen atoms in total. The molecule has 328 valence electrons. The number of rotatable bonds is 0. The second-order valence-corrected chi connectivity index (χ2v) is 19.7. The highest BCUT2D eigenvalue weighted by Gasteiger charge is 2.41. The Kier molecular flexibility index (Phi) is 11.6. The number of H-pyrrole nitrogens is 4. The Balaban J connectivity index is 1.20. The Labute approximate surface area is 368 Å². The van der Waals surface area contributed by atoms with Gasteiger partial charge < -0.3 is 38.9 Å². The van der Waals surface area contributed by atoms with Gasteiger partial charge in [0.2, 0.25) is 0 Å². The molecule has 5 aliphatic rings.